The second kappa shape index (κ2) is 11.5. The third-order valence-electron chi connectivity index (χ3n) is 5.27. The summed E-state index contributed by atoms with van der Waals surface area (Å²) >= 11 is 4.44. The van der Waals surface area contributed by atoms with Gasteiger partial charge >= 0.3 is 6.09 Å². The van der Waals surface area contributed by atoms with E-state index in [0.29, 0.717) is 25.1 Å². The SMILES string of the molecule is O=C(NCCCCc1ccncc1)[C@@H]1C[C@H](S)CN1C(=O)OCc1ccc([N+](=O)[O-])cc1. The monoisotopic (exact) mass is 458 g/mol. The van der Waals surface area contributed by atoms with Gasteiger partial charge in [0, 0.05) is 42.9 Å². The van der Waals surface area contributed by atoms with E-state index >= 15 is 0 Å². The minimum atomic E-state index is -0.623. The molecule has 0 unspecified atom stereocenters. The number of carbonyl (C=O) groups excluding carboxylic acids is 2. The molecule has 1 aliphatic rings. The lowest BCUT2D eigenvalue weighted by Crippen LogP contribution is -2.46. The molecule has 1 aromatic heterocycles. The third kappa shape index (κ3) is 6.68. The minimum absolute atomic E-state index is 0.0324. The van der Waals surface area contributed by atoms with Gasteiger partial charge in [-0.15, -0.1) is 0 Å². The molecule has 170 valence electrons. The quantitative estimate of drug-likeness (QED) is 0.258. The second-order valence-electron chi connectivity index (χ2n) is 7.64. The van der Waals surface area contributed by atoms with Crippen molar-refractivity contribution in [2.24, 2.45) is 0 Å². The van der Waals surface area contributed by atoms with Crippen LogP contribution in [0.15, 0.2) is 48.8 Å². The van der Waals surface area contributed by atoms with Gasteiger partial charge in [-0.25, -0.2) is 4.79 Å². The molecule has 1 aromatic carbocycles. The number of non-ortho nitro benzene ring substituents is 1. The predicted octanol–water partition coefficient (Wildman–Crippen LogP) is 3.14. The first-order valence-electron chi connectivity index (χ1n) is 10.5. The average Bonchev–Trinajstić information content (AvgIpc) is 3.20. The van der Waals surface area contributed by atoms with E-state index in [0.717, 1.165) is 19.3 Å². The number of pyridine rings is 1. The molecule has 0 spiro atoms. The van der Waals surface area contributed by atoms with Crippen molar-refractivity contribution in [3.63, 3.8) is 0 Å². The maximum Gasteiger partial charge on any atom is 0.410 e. The summed E-state index contributed by atoms with van der Waals surface area (Å²) in [5, 5.41) is 13.5. The van der Waals surface area contributed by atoms with Crippen molar-refractivity contribution in [1.29, 1.82) is 0 Å². The Balaban J connectivity index is 1.44. The van der Waals surface area contributed by atoms with Crippen molar-refractivity contribution in [2.45, 2.75) is 43.6 Å². The number of carbonyl (C=O) groups is 2. The summed E-state index contributed by atoms with van der Waals surface area (Å²) in [7, 11) is 0. The maximum absolute atomic E-state index is 12.6. The Labute approximate surface area is 191 Å². The predicted molar refractivity (Wildman–Crippen MR) is 121 cm³/mol. The highest BCUT2D eigenvalue weighted by Gasteiger charge is 2.39. The zero-order chi connectivity index (χ0) is 22.9. The number of likely N-dealkylation sites (tertiary alicyclic amines) is 1. The largest absolute Gasteiger partial charge is 0.445 e. The van der Waals surface area contributed by atoms with Crippen LogP contribution in [0.4, 0.5) is 10.5 Å². The number of unbranched alkanes of at least 4 members (excludes halogenated alkanes) is 1. The normalized spacial score (nSPS) is 17.7. The molecule has 1 N–H and O–H groups in total. The van der Waals surface area contributed by atoms with Gasteiger partial charge in [-0.3, -0.25) is 24.8 Å². The second-order valence-corrected chi connectivity index (χ2v) is 8.37. The first-order chi connectivity index (χ1) is 15.4. The van der Waals surface area contributed by atoms with Gasteiger partial charge in [0.25, 0.3) is 5.69 Å². The molecule has 0 radical (unpaired) electrons. The first kappa shape index (κ1) is 23.5. The molecule has 1 fully saturated rings. The van der Waals surface area contributed by atoms with Crippen LogP contribution in [0, 0.1) is 10.1 Å². The van der Waals surface area contributed by atoms with Crippen molar-refractivity contribution in [3.05, 3.63) is 70.0 Å². The topological polar surface area (TPSA) is 115 Å². The lowest BCUT2D eigenvalue weighted by atomic mass is 10.1. The number of ether oxygens (including phenoxy) is 1. The van der Waals surface area contributed by atoms with E-state index in [1.54, 1.807) is 12.4 Å². The summed E-state index contributed by atoms with van der Waals surface area (Å²) in [5.41, 5.74) is 1.80. The minimum Gasteiger partial charge on any atom is -0.445 e. The highest BCUT2D eigenvalue weighted by Crippen LogP contribution is 2.23. The van der Waals surface area contributed by atoms with E-state index in [9.17, 15) is 19.7 Å². The molecule has 9 nitrogen and oxygen atoms in total. The van der Waals surface area contributed by atoms with Gasteiger partial charge in [0.15, 0.2) is 0 Å². The summed E-state index contributed by atoms with van der Waals surface area (Å²) in [4.78, 5) is 40.8. The summed E-state index contributed by atoms with van der Waals surface area (Å²) in [6, 6.07) is 9.11. The molecule has 32 heavy (non-hydrogen) atoms. The Morgan fingerprint density at radius 3 is 2.56 bits per heavy atom. The van der Waals surface area contributed by atoms with Crippen LogP contribution < -0.4 is 5.32 Å². The summed E-state index contributed by atoms with van der Waals surface area (Å²) in [6.45, 7) is 0.819. The number of aryl methyl sites for hydroxylation is 1. The lowest BCUT2D eigenvalue weighted by molar-refractivity contribution is -0.384. The molecular weight excluding hydrogens is 432 g/mol. The van der Waals surface area contributed by atoms with Gasteiger partial charge in [0.2, 0.25) is 5.91 Å². The fraction of sp³-hybridized carbons (Fsp3) is 0.409. The highest BCUT2D eigenvalue weighted by molar-refractivity contribution is 7.81. The molecule has 0 aliphatic carbocycles. The number of nitrogens with one attached hydrogen (secondary N) is 1. The summed E-state index contributed by atoms with van der Waals surface area (Å²) in [6.07, 6.45) is 6.07. The van der Waals surface area contributed by atoms with Crippen molar-refractivity contribution >= 4 is 30.3 Å². The van der Waals surface area contributed by atoms with E-state index in [1.807, 2.05) is 12.1 Å². The number of hydrogen-bond donors (Lipinski definition) is 2. The van der Waals surface area contributed by atoms with Crippen LogP contribution in [0.3, 0.4) is 0 Å². The molecule has 3 rings (SSSR count). The molecule has 1 saturated heterocycles. The molecule has 0 saturated carbocycles. The highest BCUT2D eigenvalue weighted by atomic mass is 32.1. The zero-order valence-corrected chi connectivity index (χ0v) is 18.4. The van der Waals surface area contributed by atoms with Crippen LogP contribution in [-0.4, -0.2) is 51.2 Å². The number of amides is 2. The van der Waals surface area contributed by atoms with Gasteiger partial charge in [-0.05, 0) is 61.1 Å². The molecule has 2 atom stereocenters. The molecule has 2 aromatic rings. The summed E-state index contributed by atoms with van der Waals surface area (Å²) in [5.74, 6) is -0.210. The van der Waals surface area contributed by atoms with E-state index in [4.69, 9.17) is 4.74 Å². The first-order valence-corrected chi connectivity index (χ1v) is 11.0. The van der Waals surface area contributed by atoms with E-state index in [2.05, 4.69) is 22.9 Å². The van der Waals surface area contributed by atoms with Crippen LogP contribution in [0.2, 0.25) is 0 Å². The number of benzene rings is 1. The number of hydrogen-bond acceptors (Lipinski definition) is 7. The lowest BCUT2D eigenvalue weighted by Gasteiger charge is -2.23. The molecule has 2 amide bonds. The van der Waals surface area contributed by atoms with Gasteiger partial charge in [0.05, 0.1) is 4.92 Å². The number of rotatable bonds is 9. The standard InChI is InChI=1S/C22H26N4O5S/c27-21(24-10-2-1-3-16-8-11-23-12-9-16)20-13-19(32)14-25(20)22(28)31-15-17-4-6-18(7-5-17)26(29)30/h4-9,11-12,19-20,32H,1-3,10,13-15H2,(H,24,27)/t19-,20-/m0/s1. The summed E-state index contributed by atoms with van der Waals surface area (Å²) < 4.78 is 5.33. The van der Waals surface area contributed by atoms with Crippen LogP contribution >= 0.6 is 12.6 Å². The van der Waals surface area contributed by atoms with Crippen molar-refractivity contribution < 1.29 is 19.2 Å². The van der Waals surface area contributed by atoms with Crippen LogP contribution in [0.5, 0.6) is 0 Å². The Bertz CT molecular complexity index is 926. The van der Waals surface area contributed by atoms with Crippen molar-refractivity contribution in [2.75, 3.05) is 13.1 Å². The Kier molecular flexibility index (Phi) is 8.43. The molecular formula is C22H26N4O5S. The zero-order valence-electron chi connectivity index (χ0n) is 17.6. The Hall–Kier alpha value is -3.14. The fourth-order valence-electron chi connectivity index (χ4n) is 3.54. The smallest absolute Gasteiger partial charge is 0.410 e. The molecule has 10 heteroatoms. The van der Waals surface area contributed by atoms with Gasteiger partial charge in [0.1, 0.15) is 12.6 Å². The maximum atomic E-state index is 12.6. The van der Waals surface area contributed by atoms with Crippen LogP contribution in [-0.2, 0) is 22.6 Å². The third-order valence-corrected chi connectivity index (χ3v) is 5.64. The molecule has 1 aliphatic heterocycles. The fourth-order valence-corrected chi connectivity index (χ4v) is 3.91. The number of thiol groups is 1. The van der Waals surface area contributed by atoms with E-state index in [-0.39, 0.29) is 23.5 Å². The average molecular weight is 459 g/mol. The number of nitrogens with zero attached hydrogens (tertiary/aromatic N) is 3. The van der Waals surface area contributed by atoms with Gasteiger partial charge in [-0.2, -0.15) is 12.6 Å². The Morgan fingerprint density at radius 2 is 1.88 bits per heavy atom. The molecule has 2 heterocycles. The Morgan fingerprint density at radius 1 is 1.16 bits per heavy atom. The number of aromatic nitrogens is 1. The van der Waals surface area contributed by atoms with Gasteiger partial charge < -0.3 is 10.1 Å². The van der Waals surface area contributed by atoms with Crippen molar-refractivity contribution in [1.82, 2.24) is 15.2 Å². The van der Waals surface area contributed by atoms with Crippen LogP contribution in [0.25, 0.3) is 0 Å². The van der Waals surface area contributed by atoms with E-state index < -0.39 is 17.1 Å². The molecule has 0 bridgehead atoms. The van der Waals surface area contributed by atoms with Crippen molar-refractivity contribution in [3.8, 4) is 0 Å². The van der Waals surface area contributed by atoms with Gasteiger partial charge in [-0.1, -0.05) is 0 Å². The van der Waals surface area contributed by atoms with Crippen LogP contribution in [0.1, 0.15) is 30.4 Å². The number of nitro groups is 1. The van der Waals surface area contributed by atoms with E-state index in [1.165, 1.54) is 34.7 Å². The number of nitro benzene ring substituents is 1.